The quantitative estimate of drug-likeness (QED) is 0.736. The Morgan fingerprint density at radius 2 is 1.93 bits per heavy atom. The second-order valence-corrected chi connectivity index (χ2v) is 6.88. The number of hydrogen-bond acceptors (Lipinski definition) is 5. The molecule has 2 amide bonds. The Morgan fingerprint density at radius 3 is 2.52 bits per heavy atom. The van der Waals surface area contributed by atoms with Crippen LogP contribution in [0.1, 0.15) is 44.0 Å². The molecular weight excluding hydrogens is 352 g/mol. The molecule has 148 valence electrons. The van der Waals surface area contributed by atoms with Gasteiger partial charge in [0, 0.05) is 24.7 Å². The van der Waals surface area contributed by atoms with E-state index >= 15 is 0 Å². The number of nitrogens with one attached hydrogen (secondary N) is 1. The minimum absolute atomic E-state index is 0.0753. The van der Waals surface area contributed by atoms with E-state index in [1.807, 2.05) is 0 Å². The molecule has 8 nitrogen and oxygen atoms in total. The number of carbonyl (C=O) groups excluding carboxylic acids is 2. The van der Waals surface area contributed by atoms with Crippen LogP contribution in [0.3, 0.4) is 0 Å². The van der Waals surface area contributed by atoms with Gasteiger partial charge in [-0.3, -0.25) is 4.79 Å². The first-order valence-corrected chi connectivity index (χ1v) is 8.98. The first-order chi connectivity index (χ1) is 12.7. The summed E-state index contributed by atoms with van der Waals surface area (Å²) in [6.45, 7) is 5.99. The van der Waals surface area contributed by atoms with Gasteiger partial charge in [-0.1, -0.05) is 6.07 Å². The lowest BCUT2D eigenvalue weighted by Crippen LogP contribution is -2.46. The maximum atomic E-state index is 12.5. The van der Waals surface area contributed by atoms with E-state index in [1.54, 1.807) is 45.0 Å². The van der Waals surface area contributed by atoms with Gasteiger partial charge in [-0.05, 0) is 51.8 Å². The summed E-state index contributed by atoms with van der Waals surface area (Å²) in [6, 6.07) is 6.50. The van der Waals surface area contributed by atoms with Crippen LogP contribution in [0.2, 0.25) is 0 Å². The van der Waals surface area contributed by atoms with Crippen LogP contribution in [-0.2, 0) is 9.53 Å². The molecule has 0 aromatic heterocycles. The molecule has 0 radical (unpaired) electrons. The highest BCUT2D eigenvalue weighted by molar-refractivity contribution is 5.94. The maximum absolute atomic E-state index is 12.5. The molecular formula is C19H26N2O6. The van der Waals surface area contributed by atoms with Gasteiger partial charge < -0.3 is 24.8 Å². The third kappa shape index (κ3) is 5.60. The number of ether oxygens (including phenoxy) is 2. The molecule has 0 saturated carbocycles. The molecule has 8 heteroatoms. The summed E-state index contributed by atoms with van der Waals surface area (Å²) in [6.07, 6.45) is 0.211. The average Bonchev–Trinajstić information content (AvgIpc) is 2.62. The van der Waals surface area contributed by atoms with Gasteiger partial charge in [-0.25, -0.2) is 9.59 Å². The van der Waals surface area contributed by atoms with Gasteiger partial charge >= 0.3 is 12.1 Å². The van der Waals surface area contributed by atoms with Crippen LogP contribution in [-0.4, -0.2) is 59.3 Å². The zero-order chi connectivity index (χ0) is 20.0. The lowest BCUT2D eigenvalue weighted by molar-refractivity contribution is -0.158. The Hall–Kier alpha value is -2.77. The zero-order valence-electron chi connectivity index (χ0n) is 15.9. The highest BCUT2D eigenvalue weighted by Gasteiger charge is 2.32. The van der Waals surface area contributed by atoms with Crippen molar-refractivity contribution in [3.63, 3.8) is 0 Å². The van der Waals surface area contributed by atoms with E-state index in [0.29, 0.717) is 37.2 Å². The van der Waals surface area contributed by atoms with Gasteiger partial charge in [-0.2, -0.15) is 0 Å². The number of esters is 1. The molecule has 0 aliphatic carbocycles. The molecule has 27 heavy (non-hydrogen) atoms. The van der Waals surface area contributed by atoms with Crippen molar-refractivity contribution >= 4 is 18.0 Å². The van der Waals surface area contributed by atoms with Crippen molar-refractivity contribution in [2.24, 2.45) is 0 Å². The molecule has 1 aliphatic heterocycles. The van der Waals surface area contributed by atoms with Gasteiger partial charge in [0.1, 0.15) is 5.75 Å². The number of hydrogen-bond donors (Lipinski definition) is 2. The Kier molecular flexibility index (Phi) is 6.65. The molecule has 0 unspecified atom stereocenters. The van der Waals surface area contributed by atoms with Crippen LogP contribution in [0.25, 0.3) is 0 Å². The molecule has 0 spiro atoms. The normalized spacial score (nSPS) is 15.1. The number of benzene rings is 1. The number of nitrogens with zero attached hydrogens (tertiary/aromatic N) is 1. The first-order valence-electron chi connectivity index (χ1n) is 8.98. The zero-order valence-corrected chi connectivity index (χ0v) is 15.9. The van der Waals surface area contributed by atoms with Crippen LogP contribution >= 0.6 is 0 Å². The standard InChI is InChI=1S/C19H26N2O6/c1-4-26-17(23)19(2,3)27-15-7-5-6-13(12-15)16(22)20-14-8-10-21(11-9-14)18(24)25/h5-7,12,14H,4,8-11H2,1-3H3,(H,20,22)(H,24,25). The van der Waals surface area contributed by atoms with Gasteiger partial charge in [-0.15, -0.1) is 0 Å². The fraction of sp³-hybridized carbons (Fsp3) is 0.526. The van der Waals surface area contributed by atoms with E-state index in [0.717, 1.165) is 0 Å². The highest BCUT2D eigenvalue weighted by atomic mass is 16.6. The largest absolute Gasteiger partial charge is 0.476 e. The van der Waals surface area contributed by atoms with E-state index < -0.39 is 17.7 Å². The summed E-state index contributed by atoms with van der Waals surface area (Å²) >= 11 is 0. The van der Waals surface area contributed by atoms with Gasteiger partial charge in [0.05, 0.1) is 6.61 Å². The molecule has 2 N–H and O–H groups in total. The summed E-state index contributed by atoms with van der Waals surface area (Å²) in [5.41, 5.74) is -0.762. The number of rotatable bonds is 6. The molecule has 1 aromatic rings. The van der Waals surface area contributed by atoms with E-state index in [-0.39, 0.29) is 18.6 Å². The van der Waals surface area contributed by atoms with Gasteiger partial charge in [0.25, 0.3) is 5.91 Å². The number of carbonyl (C=O) groups is 3. The van der Waals surface area contributed by atoms with Crippen molar-refractivity contribution in [1.29, 1.82) is 0 Å². The smallest absolute Gasteiger partial charge is 0.407 e. The van der Waals surface area contributed by atoms with E-state index in [4.69, 9.17) is 14.6 Å². The fourth-order valence-electron chi connectivity index (χ4n) is 2.83. The fourth-order valence-corrected chi connectivity index (χ4v) is 2.83. The minimum Gasteiger partial charge on any atom is -0.476 e. The van der Waals surface area contributed by atoms with E-state index in [1.165, 1.54) is 4.90 Å². The van der Waals surface area contributed by atoms with Crippen LogP contribution in [0.4, 0.5) is 4.79 Å². The SMILES string of the molecule is CCOC(=O)C(C)(C)Oc1cccc(C(=O)NC2CCN(C(=O)O)CC2)c1. The monoisotopic (exact) mass is 378 g/mol. The predicted molar refractivity (Wildman–Crippen MR) is 97.9 cm³/mol. The summed E-state index contributed by atoms with van der Waals surface area (Å²) in [5.74, 6) is -0.352. The van der Waals surface area contributed by atoms with Crippen LogP contribution < -0.4 is 10.1 Å². The van der Waals surface area contributed by atoms with Crippen molar-refractivity contribution in [3.05, 3.63) is 29.8 Å². The summed E-state index contributed by atoms with van der Waals surface area (Å²) in [4.78, 5) is 36.7. The summed E-state index contributed by atoms with van der Waals surface area (Å²) in [5, 5.41) is 11.9. The predicted octanol–water partition coefficient (Wildman–Crippen LogP) is 2.28. The first kappa shape index (κ1) is 20.5. The molecule has 0 bridgehead atoms. The number of carboxylic acid groups (broad SMARTS) is 1. The summed E-state index contributed by atoms with van der Waals surface area (Å²) < 4.78 is 10.7. The van der Waals surface area contributed by atoms with E-state index in [9.17, 15) is 14.4 Å². The molecule has 1 aliphatic rings. The molecule has 0 atom stereocenters. The Labute approximate surface area is 158 Å². The lowest BCUT2D eigenvalue weighted by Gasteiger charge is -2.30. The lowest BCUT2D eigenvalue weighted by atomic mass is 10.0. The average molecular weight is 378 g/mol. The van der Waals surface area contributed by atoms with Crippen LogP contribution in [0, 0.1) is 0 Å². The highest BCUT2D eigenvalue weighted by Crippen LogP contribution is 2.21. The van der Waals surface area contributed by atoms with Crippen molar-refractivity contribution in [2.45, 2.75) is 45.3 Å². The maximum Gasteiger partial charge on any atom is 0.407 e. The number of piperidine rings is 1. The molecule has 2 rings (SSSR count). The molecule has 1 fully saturated rings. The van der Waals surface area contributed by atoms with Gasteiger partial charge in [0.2, 0.25) is 0 Å². The number of likely N-dealkylation sites (tertiary alicyclic amines) is 1. The van der Waals surface area contributed by atoms with Crippen molar-refractivity contribution < 1.29 is 29.0 Å². The Balaban J connectivity index is 1.97. The summed E-state index contributed by atoms with van der Waals surface area (Å²) in [7, 11) is 0. The van der Waals surface area contributed by atoms with Crippen LogP contribution in [0.5, 0.6) is 5.75 Å². The van der Waals surface area contributed by atoms with Crippen LogP contribution in [0.15, 0.2) is 24.3 Å². The van der Waals surface area contributed by atoms with Crippen molar-refractivity contribution in [3.8, 4) is 5.75 Å². The minimum atomic E-state index is -1.17. The third-order valence-electron chi connectivity index (χ3n) is 4.34. The topological polar surface area (TPSA) is 105 Å². The van der Waals surface area contributed by atoms with Gasteiger partial charge in [0.15, 0.2) is 5.60 Å². The number of amides is 2. The Morgan fingerprint density at radius 1 is 1.26 bits per heavy atom. The van der Waals surface area contributed by atoms with E-state index in [2.05, 4.69) is 5.32 Å². The second kappa shape index (κ2) is 8.75. The second-order valence-electron chi connectivity index (χ2n) is 6.88. The molecule has 1 heterocycles. The van der Waals surface area contributed by atoms with Crippen molar-refractivity contribution in [1.82, 2.24) is 10.2 Å². The molecule has 1 saturated heterocycles. The van der Waals surface area contributed by atoms with Crippen molar-refractivity contribution in [2.75, 3.05) is 19.7 Å². The molecule has 1 aromatic carbocycles. The Bertz CT molecular complexity index is 695. The third-order valence-corrected chi connectivity index (χ3v) is 4.34.